The van der Waals surface area contributed by atoms with Gasteiger partial charge in [0.1, 0.15) is 0 Å². The van der Waals surface area contributed by atoms with E-state index in [2.05, 4.69) is 10.1 Å². The van der Waals surface area contributed by atoms with Crippen LogP contribution in [0.1, 0.15) is 0 Å². The molecule has 0 aromatic heterocycles. The van der Waals surface area contributed by atoms with Crippen LogP contribution in [0, 0.1) is 0 Å². The van der Waals surface area contributed by atoms with Gasteiger partial charge in [-0.2, -0.15) is 8.78 Å². The average Bonchev–Trinajstić information content (AvgIpc) is 2.21. The lowest BCUT2D eigenvalue weighted by atomic mass is 10.3. The van der Waals surface area contributed by atoms with Crippen LogP contribution in [-0.4, -0.2) is 27.3 Å². The molecule has 1 aromatic carbocycles. The summed E-state index contributed by atoms with van der Waals surface area (Å²) in [6.45, 7) is -3.02. The van der Waals surface area contributed by atoms with Gasteiger partial charge in [-0.1, -0.05) is 23.2 Å². The smallest absolute Gasteiger partial charge is 0.387 e. The highest BCUT2D eigenvalue weighted by Gasteiger charge is 2.14. The summed E-state index contributed by atoms with van der Waals surface area (Å²) in [5.74, 6) is -0.632. The largest absolute Gasteiger partial charge is 0.432 e. The predicted molar refractivity (Wildman–Crippen MR) is 69.6 cm³/mol. The Kier molecular flexibility index (Phi) is 5.60. The molecule has 0 saturated carbocycles. The van der Waals surface area contributed by atoms with E-state index in [1.807, 2.05) is 0 Å². The molecular formula is C9H10Cl2F2N2O3S. The van der Waals surface area contributed by atoms with E-state index < -0.39 is 16.6 Å². The van der Waals surface area contributed by atoms with Crippen LogP contribution in [0.3, 0.4) is 0 Å². The molecule has 0 heterocycles. The van der Waals surface area contributed by atoms with Gasteiger partial charge < -0.3 is 10.1 Å². The number of alkyl halides is 2. The maximum absolute atomic E-state index is 12.1. The van der Waals surface area contributed by atoms with Crippen molar-refractivity contribution in [2.75, 3.05) is 17.6 Å². The zero-order valence-corrected chi connectivity index (χ0v) is 11.7. The molecule has 0 amide bonds. The van der Waals surface area contributed by atoms with Crippen LogP contribution in [0.5, 0.6) is 5.75 Å². The van der Waals surface area contributed by atoms with Crippen molar-refractivity contribution in [3.8, 4) is 5.75 Å². The minimum Gasteiger partial charge on any atom is -0.432 e. The Morgan fingerprint density at radius 2 is 1.84 bits per heavy atom. The van der Waals surface area contributed by atoms with E-state index >= 15 is 0 Å². The van der Waals surface area contributed by atoms with E-state index in [0.717, 1.165) is 0 Å². The fraction of sp³-hybridized carbons (Fsp3) is 0.333. The number of nitrogens with two attached hydrogens (primary N) is 1. The van der Waals surface area contributed by atoms with Gasteiger partial charge >= 0.3 is 6.61 Å². The monoisotopic (exact) mass is 334 g/mol. The number of hydrogen-bond acceptors (Lipinski definition) is 4. The Balaban J connectivity index is 2.77. The summed E-state index contributed by atoms with van der Waals surface area (Å²) >= 11 is 11.4. The van der Waals surface area contributed by atoms with Gasteiger partial charge in [0, 0.05) is 12.2 Å². The number of sulfonamides is 1. The van der Waals surface area contributed by atoms with Gasteiger partial charge in [-0.3, -0.25) is 0 Å². The van der Waals surface area contributed by atoms with Gasteiger partial charge in [0.2, 0.25) is 10.0 Å². The topological polar surface area (TPSA) is 81.4 Å². The minimum absolute atomic E-state index is 0.0283. The van der Waals surface area contributed by atoms with E-state index in [0.29, 0.717) is 5.69 Å². The first-order valence-electron chi connectivity index (χ1n) is 4.87. The highest BCUT2D eigenvalue weighted by molar-refractivity contribution is 7.89. The standard InChI is InChI=1S/C9H10Cl2F2N2O3S/c10-6-3-5(15-1-2-19(14,16)17)4-7(11)8(6)18-9(12)13/h3-4,9,15H,1-2H2,(H2,14,16,17). The zero-order valence-electron chi connectivity index (χ0n) is 9.37. The first-order valence-corrected chi connectivity index (χ1v) is 7.34. The number of hydrogen-bond donors (Lipinski definition) is 2. The van der Waals surface area contributed by atoms with Gasteiger partial charge in [0.25, 0.3) is 0 Å². The maximum atomic E-state index is 12.1. The molecule has 10 heteroatoms. The van der Waals surface area contributed by atoms with Crippen LogP contribution in [0.2, 0.25) is 10.0 Å². The van der Waals surface area contributed by atoms with Crippen LogP contribution in [0.15, 0.2) is 12.1 Å². The third kappa shape index (κ3) is 5.77. The molecule has 108 valence electrons. The maximum Gasteiger partial charge on any atom is 0.387 e. The Morgan fingerprint density at radius 1 is 1.32 bits per heavy atom. The molecule has 1 aromatic rings. The SMILES string of the molecule is NS(=O)(=O)CCNc1cc(Cl)c(OC(F)F)c(Cl)c1. The van der Waals surface area contributed by atoms with Crippen LogP contribution in [0.25, 0.3) is 0 Å². The van der Waals surface area contributed by atoms with Crippen LogP contribution >= 0.6 is 23.2 Å². The van der Waals surface area contributed by atoms with Crippen LogP contribution < -0.4 is 15.2 Å². The molecule has 19 heavy (non-hydrogen) atoms. The summed E-state index contributed by atoms with van der Waals surface area (Å²) in [6, 6.07) is 2.57. The molecule has 5 nitrogen and oxygen atoms in total. The molecule has 0 spiro atoms. The molecule has 0 unspecified atom stereocenters. The van der Waals surface area contributed by atoms with Crippen LogP contribution in [0.4, 0.5) is 14.5 Å². The second-order valence-electron chi connectivity index (χ2n) is 3.44. The number of rotatable bonds is 6. The van der Waals surface area contributed by atoms with Gasteiger partial charge in [0.05, 0.1) is 15.8 Å². The molecule has 0 bridgehead atoms. The predicted octanol–water partition coefficient (Wildman–Crippen LogP) is 2.30. The molecule has 0 atom stereocenters. The molecule has 0 aliphatic heterocycles. The normalized spacial score (nSPS) is 11.7. The first kappa shape index (κ1) is 16.2. The van der Waals surface area contributed by atoms with E-state index in [-0.39, 0.29) is 28.1 Å². The molecule has 0 fully saturated rings. The van der Waals surface area contributed by atoms with Gasteiger partial charge in [-0.05, 0) is 12.1 Å². The Hall–Kier alpha value is -0.830. The molecule has 0 aliphatic rings. The molecular weight excluding hydrogens is 325 g/mol. The summed E-state index contributed by atoms with van der Waals surface area (Å²) in [6.07, 6.45) is 0. The molecule has 0 saturated heterocycles. The van der Waals surface area contributed by atoms with Gasteiger partial charge in [-0.15, -0.1) is 0 Å². The lowest BCUT2D eigenvalue weighted by Gasteiger charge is -2.12. The van der Waals surface area contributed by atoms with Crippen LogP contribution in [-0.2, 0) is 10.0 Å². The van der Waals surface area contributed by atoms with Gasteiger partial charge in [-0.25, -0.2) is 13.6 Å². The van der Waals surface area contributed by atoms with Crippen molar-refractivity contribution in [2.45, 2.75) is 6.61 Å². The molecule has 0 radical (unpaired) electrons. The van der Waals surface area contributed by atoms with Crippen molar-refractivity contribution in [2.24, 2.45) is 5.14 Å². The van der Waals surface area contributed by atoms with E-state index in [9.17, 15) is 17.2 Å². The van der Waals surface area contributed by atoms with E-state index in [1.165, 1.54) is 12.1 Å². The summed E-state index contributed by atoms with van der Waals surface area (Å²) in [5, 5.41) is 7.27. The number of primary sulfonamides is 1. The lowest BCUT2D eigenvalue weighted by molar-refractivity contribution is -0.0497. The quantitative estimate of drug-likeness (QED) is 0.836. The molecule has 3 N–H and O–H groups in total. The van der Waals surface area contributed by atoms with Crippen molar-refractivity contribution in [3.05, 3.63) is 22.2 Å². The highest BCUT2D eigenvalue weighted by atomic mass is 35.5. The highest BCUT2D eigenvalue weighted by Crippen LogP contribution is 2.36. The van der Waals surface area contributed by atoms with Crippen molar-refractivity contribution in [3.63, 3.8) is 0 Å². The summed E-state index contributed by atoms with van der Waals surface area (Å²) in [4.78, 5) is 0. The Morgan fingerprint density at radius 3 is 2.26 bits per heavy atom. The van der Waals surface area contributed by atoms with E-state index in [1.54, 1.807) is 0 Å². The summed E-state index contributed by atoms with van der Waals surface area (Å²) in [5.41, 5.74) is 0.361. The number of halogens is 4. The Labute approximate surface area is 118 Å². The number of benzene rings is 1. The molecule has 1 rings (SSSR count). The fourth-order valence-corrected chi connectivity index (χ4v) is 2.16. The summed E-state index contributed by atoms with van der Waals surface area (Å²) < 4.78 is 49.7. The second-order valence-corrected chi connectivity index (χ2v) is 5.99. The van der Waals surface area contributed by atoms with Gasteiger partial charge in [0.15, 0.2) is 5.75 Å². The zero-order chi connectivity index (χ0) is 14.6. The number of anilines is 1. The van der Waals surface area contributed by atoms with Crippen molar-refractivity contribution in [1.82, 2.24) is 0 Å². The molecule has 0 aliphatic carbocycles. The van der Waals surface area contributed by atoms with Crippen molar-refractivity contribution >= 4 is 38.9 Å². The first-order chi connectivity index (χ1) is 8.69. The third-order valence-corrected chi connectivity index (χ3v) is 3.26. The van der Waals surface area contributed by atoms with E-state index in [4.69, 9.17) is 28.3 Å². The Bertz CT molecular complexity index is 531. The third-order valence-electron chi connectivity index (χ3n) is 1.92. The second kappa shape index (κ2) is 6.56. The van der Waals surface area contributed by atoms with Crippen molar-refractivity contribution in [1.29, 1.82) is 0 Å². The number of ether oxygens (including phenoxy) is 1. The number of nitrogens with one attached hydrogen (secondary N) is 1. The fourth-order valence-electron chi connectivity index (χ4n) is 1.20. The minimum atomic E-state index is -3.59. The average molecular weight is 335 g/mol. The van der Waals surface area contributed by atoms with Crippen molar-refractivity contribution < 1.29 is 21.9 Å². The lowest BCUT2D eigenvalue weighted by Crippen LogP contribution is -2.22. The summed E-state index contributed by atoms with van der Waals surface area (Å²) in [7, 11) is -3.59.